The highest BCUT2D eigenvalue weighted by Crippen LogP contribution is 2.23. The number of alkyl halides is 6. The van der Waals surface area contributed by atoms with Gasteiger partial charge in [-0.2, -0.15) is 26.3 Å². The molecule has 0 bridgehead atoms. The predicted molar refractivity (Wildman–Crippen MR) is 145 cm³/mol. The van der Waals surface area contributed by atoms with Gasteiger partial charge in [-0.3, -0.25) is 10.8 Å². The molecule has 0 fully saturated rings. The number of H-pyrrole nitrogens is 1. The molecule has 1 heterocycles. The van der Waals surface area contributed by atoms with Crippen LogP contribution in [-0.2, 0) is 27.2 Å². The van der Waals surface area contributed by atoms with Crippen LogP contribution in [0.3, 0.4) is 0 Å². The molecule has 44 heavy (non-hydrogen) atoms. The fraction of sp³-hybridized carbons (Fsp3) is 0.222. The summed E-state index contributed by atoms with van der Waals surface area (Å²) in [6.45, 7) is 2.05. The molecule has 0 spiro atoms. The zero-order chi connectivity index (χ0) is 33.8. The van der Waals surface area contributed by atoms with E-state index in [1.807, 2.05) is 42.6 Å². The number of carbonyl (C=O) groups is 3. The number of rotatable bonds is 8. The second-order valence-corrected chi connectivity index (χ2v) is 8.58. The zero-order valence-electron chi connectivity index (χ0n) is 22.8. The van der Waals surface area contributed by atoms with Crippen molar-refractivity contribution in [2.75, 3.05) is 6.61 Å². The number of carboxylic acids is 2. The average Bonchev–Trinajstić information content (AvgIpc) is 3.30. The van der Waals surface area contributed by atoms with Gasteiger partial charge < -0.3 is 31.4 Å². The van der Waals surface area contributed by atoms with E-state index in [9.17, 15) is 31.1 Å². The Morgan fingerprint density at radius 3 is 1.59 bits per heavy atom. The van der Waals surface area contributed by atoms with Gasteiger partial charge >= 0.3 is 30.3 Å². The first-order valence-corrected chi connectivity index (χ1v) is 12.1. The smallest absolute Gasteiger partial charge is 0.475 e. The highest BCUT2D eigenvalue weighted by molar-refractivity contribution is 5.96. The van der Waals surface area contributed by atoms with Crippen molar-refractivity contribution in [1.29, 1.82) is 10.8 Å². The highest BCUT2D eigenvalue weighted by atomic mass is 19.4. The minimum Gasteiger partial charge on any atom is -0.475 e. The highest BCUT2D eigenvalue weighted by Gasteiger charge is 2.38. The number of esters is 1. The van der Waals surface area contributed by atoms with E-state index in [4.69, 9.17) is 46.8 Å². The van der Waals surface area contributed by atoms with Gasteiger partial charge in [-0.15, -0.1) is 0 Å². The minimum atomic E-state index is -5.08. The molecule has 0 aliphatic heterocycles. The third-order valence-electron chi connectivity index (χ3n) is 5.26. The number of amidine groups is 2. The van der Waals surface area contributed by atoms with E-state index in [1.165, 1.54) is 0 Å². The maximum Gasteiger partial charge on any atom is 0.490 e. The molecule has 2 aromatic carbocycles. The molecule has 238 valence electrons. The van der Waals surface area contributed by atoms with Gasteiger partial charge in [0.15, 0.2) is 0 Å². The third kappa shape index (κ3) is 11.9. The van der Waals surface area contributed by atoms with Crippen LogP contribution in [0, 0.1) is 10.8 Å². The van der Waals surface area contributed by atoms with Crippen molar-refractivity contribution in [2.45, 2.75) is 32.1 Å². The summed E-state index contributed by atoms with van der Waals surface area (Å²) in [5, 5.41) is 29.5. The summed E-state index contributed by atoms with van der Waals surface area (Å²) < 4.78 is 68.8. The summed E-state index contributed by atoms with van der Waals surface area (Å²) in [7, 11) is 0. The van der Waals surface area contributed by atoms with Crippen LogP contribution in [-0.4, -0.2) is 63.7 Å². The summed E-state index contributed by atoms with van der Waals surface area (Å²) in [5.74, 6) is -5.89. The number of carboxylic acid groups (broad SMARTS) is 2. The number of ether oxygens (including phenoxy) is 1. The Kier molecular flexibility index (Phi) is 13.1. The van der Waals surface area contributed by atoms with E-state index in [1.54, 1.807) is 19.1 Å². The molecular formula is C27H27F6N5O6. The Morgan fingerprint density at radius 2 is 1.23 bits per heavy atom. The predicted octanol–water partition coefficient (Wildman–Crippen LogP) is 4.21. The molecule has 0 saturated carbocycles. The van der Waals surface area contributed by atoms with Crippen LogP contribution < -0.4 is 11.5 Å². The molecule has 0 radical (unpaired) electrons. The van der Waals surface area contributed by atoms with Crippen LogP contribution in [0.25, 0.3) is 0 Å². The van der Waals surface area contributed by atoms with Crippen molar-refractivity contribution in [2.24, 2.45) is 11.5 Å². The van der Waals surface area contributed by atoms with Crippen LogP contribution in [0.2, 0.25) is 0 Å². The molecule has 0 amide bonds. The number of nitrogens with two attached hydrogens (primary N) is 2. The number of benzene rings is 2. The van der Waals surface area contributed by atoms with Gasteiger partial charge in [0.05, 0.1) is 12.2 Å². The number of nitrogens with one attached hydrogen (secondary N) is 3. The minimum absolute atomic E-state index is 0.00000553. The second kappa shape index (κ2) is 15.8. The fourth-order valence-electron chi connectivity index (χ4n) is 3.37. The number of aromatic amines is 1. The number of hydrogen-bond donors (Lipinski definition) is 7. The molecule has 0 saturated heterocycles. The maximum atomic E-state index is 12.7. The summed E-state index contributed by atoms with van der Waals surface area (Å²) in [5.41, 5.74) is 16.4. The van der Waals surface area contributed by atoms with Crippen LogP contribution >= 0.6 is 0 Å². The third-order valence-corrected chi connectivity index (χ3v) is 5.26. The topological polar surface area (TPSA) is 216 Å². The Hall–Kier alpha value is -5.35. The lowest BCUT2D eigenvalue weighted by molar-refractivity contribution is -0.193. The van der Waals surface area contributed by atoms with Gasteiger partial charge in [0, 0.05) is 29.4 Å². The first-order valence-electron chi connectivity index (χ1n) is 12.1. The Balaban J connectivity index is 0.000000574. The lowest BCUT2D eigenvalue weighted by atomic mass is 9.98. The SMILES string of the molecule is CCOC(=O)c1c(Cc2cccc(C(=N)N)c2)c[nH]c1Cc1cccc(C(=N)N)c1.O=C(O)C(F)(F)F.O=C(O)C(F)(F)F. The van der Waals surface area contributed by atoms with Crippen molar-refractivity contribution in [3.8, 4) is 0 Å². The standard InChI is InChI=1S/C23H25N5O2.2C2HF3O2/c1-2-30-23(29)20-18(11-14-5-3-7-16(9-14)21(24)25)13-28-19(20)12-15-6-4-8-17(10-15)22(26)27;2*3-2(4,5)1(6)7/h3-10,13,28H,2,11-12H2,1H3,(H3,24,25)(H3,26,27);2*(H,6,7). The number of halogens is 6. The van der Waals surface area contributed by atoms with Crippen LogP contribution in [0.4, 0.5) is 26.3 Å². The van der Waals surface area contributed by atoms with E-state index < -0.39 is 24.3 Å². The van der Waals surface area contributed by atoms with Crippen molar-refractivity contribution in [3.05, 3.63) is 93.8 Å². The molecular weight excluding hydrogens is 604 g/mol. The number of nitrogen functional groups attached to an aromatic ring is 2. The van der Waals surface area contributed by atoms with Gasteiger partial charge in [0.25, 0.3) is 0 Å². The number of hydrogen-bond acceptors (Lipinski definition) is 6. The molecule has 9 N–H and O–H groups in total. The van der Waals surface area contributed by atoms with Crippen molar-refractivity contribution in [1.82, 2.24) is 4.98 Å². The summed E-state index contributed by atoms with van der Waals surface area (Å²) >= 11 is 0. The molecule has 11 nitrogen and oxygen atoms in total. The number of aliphatic carboxylic acids is 2. The van der Waals surface area contributed by atoms with E-state index in [0.29, 0.717) is 29.5 Å². The van der Waals surface area contributed by atoms with Gasteiger partial charge in [0.2, 0.25) is 0 Å². The second-order valence-electron chi connectivity index (χ2n) is 8.58. The van der Waals surface area contributed by atoms with Gasteiger partial charge in [-0.25, -0.2) is 14.4 Å². The van der Waals surface area contributed by atoms with Crippen molar-refractivity contribution < 1.29 is 55.7 Å². The van der Waals surface area contributed by atoms with E-state index in [-0.39, 0.29) is 24.2 Å². The molecule has 0 atom stereocenters. The van der Waals surface area contributed by atoms with Crippen LogP contribution in [0.1, 0.15) is 50.8 Å². The number of carbonyl (C=O) groups excluding carboxylic acids is 1. The quantitative estimate of drug-likeness (QED) is 0.0825. The average molecular weight is 632 g/mol. The van der Waals surface area contributed by atoms with E-state index in [2.05, 4.69) is 4.98 Å². The Bertz CT molecular complexity index is 1400. The first-order chi connectivity index (χ1) is 20.3. The van der Waals surface area contributed by atoms with Crippen molar-refractivity contribution >= 4 is 29.6 Å². The zero-order valence-corrected chi connectivity index (χ0v) is 22.8. The molecule has 17 heteroatoms. The monoisotopic (exact) mass is 631 g/mol. The lowest BCUT2D eigenvalue weighted by Gasteiger charge is -2.09. The van der Waals surface area contributed by atoms with Crippen molar-refractivity contribution in [3.63, 3.8) is 0 Å². The van der Waals surface area contributed by atoms with E-state index in [0.717, 1.165) is 22.4 Å². The van der Waals surface area contributed by atoms with Gasteiger partial charge in [0.1, 0.15) is 11.7 Å². The number of aromatic nitrogens is 1. The van der Waals surface area contributed by atoms with Gasteiger partial charge in [-0.05, 0) is 42.2 Å². The largest absolute Gasteiger partial charge is 0.490 e. The molecule has 0 unspecified atom stereocenters. The Labute approximate surface area is 245 Å². The molecule has 0 aliphatic rings. The first kappa shape index (κ1) is 36.7. The fourth-order valence-corrected chi connectivity index (χ4v) is 3.37. The summed E-state index contributed by atoms with van der Waals surface area (Å²) in [6.07, 6.45) is -7.38. The van der Waals surface area contributed by atoms with E-state index >= 15 is 0 Å². The summed E-state index contributed by atoms with van der Waals surface area (Å²) in [6, 6.07) is 14.8. The normalized spacial score (nSPS) is 10.8. The molecule has 3 rings (SSSR count). The van der Waals surface area contributed by atoms with Crippen LogP contribution in [0.5, 0.6) is 0 Å². The summed E-state index contributed by atoms with van der Waals surface area (Å²) in [4.78, 5) is 33.7. The Morgan fingerprint density at radius 1 is 0.818 bits per heavy atom. The molecule has 1 aromatic heterocycles. The van der Waals surface area contributed by atoms with Crippen LogP contribution in [0.15, 0.2) is 54.7 Å². The molecule has 3 aromatic rings. The maximum absolute atomic E-state index is 12.7. The van der Waals surface area contributed by atoms with Gasteiger partial charge in [-0.1, -0.05) is 36.4 Å². The lowest BCUT2D eigenvalue weighted by Crippen LogP contribution is -2.21. The molecule has 0 aliphatic carbocycles.